The van der Waals surface area contributed by atoms with Gasteiger partial charge in [0.05, 0.1) is 29.7 Å². The SMILES string of the molecule is c1cnc(NC2(COc3nc(N4CCOCC4)cc4ncccc34)CC2)nc1. The van der Waals surface area contributed by atoms with Crippen molar-refractivity contribution in [3.05, 3.63) is 42.9 Å². The summed E-state index contributed by atoms with van der Waals surface area (Å²) in [4.78, 5) is 20.1. The highest BCUT2D eigenvalue weighted by Gasteiger charge is 2.44. The molecule has 0 amide bonds. The van der Waals surface area contributed by atoms with Crippen molar-refractivity contribution in [2.24, 2.45) is 0 Å². The summed E-state index contributed by atoms with van der Waals surface area (Å²) in [5.41, 5.74) is 0.755. The molecule has 0 atom stereocenters. The summed E-state index contributed by atoms with van der Waals surface area (Å²) in [5.74, 6) is 2.13. The largest absolute Gasteiger partial charge is 0.475 e. The molecule has 1 saturated carbocycles. The summed E-state index contributed by atoms with van der Waals surface area (Å²) in [5, 5.41) is 4.33. The van der Waals surface area contributed by atoms with E-state index in [9.17, 15) is 0 Å². The Labute approximate surface area is 162 Å². The van der Waals surface area contributed by atoms with E-state index >= 15 is 0 Å². The first-order chi connectivity index (χ1) is 13.8. The third-order valence-electron chi connectivity index (χ3n) is 5.17. The predicted octanol–water partition coefficient (Wildman–Crippen LogP) is 2.28. The molecule has 3 aromatic heterocycles. The van der Waals surface area contributed by atoms with E-state index < -0.39 is 0 Å². The van der Waals surface area contributed by atoms with E-state index in [1.807, 2.05) is 18.2 Å². The minimum atomic E-state index is -0.132. The van der Waals surface area contributed by atoms with Crippen LogP contribution in [0.1, 0.15) is 12.8 Å². The smallest absolute Gasteiger partial charge is 0.225 e. The molecule has 5 rings (SSSR count). The van der Waals surface area contributed by atoms with Crippen molar-refractivity contribution in [1.29, 1.82) is 0 Å². The van der Waals surface area contributed by atoms with Gasteiger partial charge < -0.3 is 19.7 Å². The molecule has 0 radical (unpaired) electrons. The molecule has 0 unspecified atom stereocenters. The molecular formula is C20H22N6O2. The van der Waals surface area contributed by atoms with Gasteiger partial charge in [-0.1, -0.05) is 0 Å². The number of anilines is 2. The number of pyridine rings is 2. The summed E-state index contributed by atoms with van der Waals surface area (Å²) in [7, 11) is 0. The van der Waals surface area contributed by atoms with E-state index in [0.717, 1.165) is 42.7 Å². The number of rotatable bonds is 6. The third-order valence-corrected chi connectivity index (χ3v) is 5.17. The number of hydrogen-bond donors (Lipinski definition) is 1. The molecule has 144 valence electrons. The molecule has 28 heavy (non-hydrogen) atoms. The van der Waals surface area contributed by atoms with Gasteiger partial charge in [0.1, 0.15) is 12.4 Å². The van der Waals surface area contributed by atoms with Crippen molar-refractivity contribution in [2.45, 2.75) is 18.4 Å². The lowest BCUT2D eigenvalue weighted by atomic mass is 10.2. The topological polar surface area (TPSA) is 85.3 Å². The van der Waals surface area contributed by atoms with Gasteiger partial charge >= 0.3 is 0 Å². The highest BCUT2D eigenvalue weighted by molar-refractivity contribution is 5.85. The van der Waals surface area contributed by atoms with Gasteiger partial charge in [0.2, 0.25) is 11.8 Å². The molecule has 0 bridgehead atoms. The number of nitrogens with one attached hydrogen (secondary N) is 1. The van der Waals surface area contributed by atoms with Crippen molar-refractivity contribution >= 4 is 22.7 Å². The van der Waals surface area contributed by atoms with Crippen LogP contribution in [0, 0.1) is 0 Å². The quantitative estimate of drug-likeness (QED) is 0.699. The normalized spacial score (nSPS) is 18.1. The molecule has 0 aromatic carbocycles. The zero-order valence-electron chi connectivity index (χ0n) is 15.5. The highest BCUT2D eigenvalue weighted by atomic mass is 16.5. The molecule has 4 heterocycles. The maximum atomic E-state index is 6.22. The number of aromatic nitrogens is 4. The predicted molar refractivity (Wildman–Crippen MR) is 106 cm³/mol. The highest BCUT2D eigenvalue weighted by Crippen LogP contribution is 2.39. The van der Waals surface area contributed by atoms with Crippen molar-refractivity contribution in [1.82, 2.24) is 19.9 Å². The maximum Gasteiger partial charge on any atom is 0.225 e. The molecule has 8 nitrogen and oxygen atoms in total. The number of fused-ring (bicyclic) bond motifs is 1. The van der Waals surface area contributed by atoms with Gasteiger partial charge in [0.25, 0.3) is 0 Å². The van der Waals surface area contributed by atoms with Crippen LogP contribution in [0.4, 0.5) is 11.8 Å². The second kappa shape index (κ2) is 7.20. The van der Waals surface area contributed by atoms with E-state index in [0.29, 0.717) is 31.6 Å². The van der Waals surface area contributed by atoms with Gasteiger partial charge in [-0.2, -0.15) is 4.98 Å². The average molecular weight is 378 g/mol. The van der Waals surface area contributed by atoms with Crippen LogP contribution in [-0.4, -0.2) is 58.4 Å². The Morgan fingerprint density at radius 1 is 1.07 bits per heavy atom. The van der Waals surface area contributed by atoms with Gasteiger partial charge in [-0.25, -0.2) is 9.97 Å². The zero-order valence-corrected chi connectivity index (χ0v) is 15.5. The monoisotopic (exact) mass is 378 g/mol. The van der Waals surface area contributed by atoms with Crippen LogP contribution in [0.5, 0.6) is 5.88 Å². The van der Waals surface area contributed by atoms with E-state index in [4.69, 9.17) is 14.5 Å². The fraction of sp³-hybridized carbons (Fsp3) is 0.400. The van der Waals surface area contributed by atoms with E-state index in [2.05, 4.69) is 25.2 Å². The van der Waals surface area contributed by atoms with Crippen LogP contribution >= 0.6 is 0 Å². The first-order valence-corrected chi connectivity index (χ1v) is 9.58. The van der Waals surface area contributed by atoms with Gasteiger partial charge in [-0.15, -0.1) is 0 Å². The fourth-order valence-corrected chi connectivity index (χ4v) is 3.36. The van der Waals surface area contributed by atoms with Crippen LogP contribution in [0.15, 0.2) is 42.9 Å². The van der Waals surface area contributed by atoms with Crippen molar-refractivity contribution < 1.29 is 9.47 Å². The first kappa shape index (κ1) is 17.1. The lowest BCUT2D eigenvalue weighted by Crippen LogP contribution is -2.37. The first-order valence-electron chi connectivity index (χ1n) is 9.58. The summed E-state index contributed by atoms with van der Waals surface area (Å²) < 4.78 is 11.7. The summed E-state index contributed by atoms with van der Waals surface area (Å²) in [6.45, 7) is 3.57. The lowest BCUT2D eigenvalue weighted by molar-refractivity contribution is 0.122. The Morgan fingerprint density at radius 3 is 2.64 bits per heavy atom. The molecular weight excluding hydrogens is 356 g/mol. The maximum absolute atomic E-state index is 6.22. The summed E-state index contributed by atoms with van der Waals surface area (Å²) in [6, 6.07) is 7.74. The number of ether oxygens (including phenoxy) is 2. The summed E-state index contributed by atoms with van der Waals surface area (Å²) >= 11 is 0. The van der Waals surface area contributed by atoms with E-state index in [1.54, 1.807) is 24.7 Å². The molecule has 1 saturated heterocycles. The van der Waals surface area contributed by atoms with Gasteiger partial charge in [0, 0.05) is 37.7 Å². The van der Waals surface area contributed by atoms with Gasteiger partial charge in [0.15, 0.2) is 0 Å². The van der Waals surface area contributed by atoms with E-state index in [-0.39, 0.29) is 5.54 Å². The van der Waals surface area contributed by atoms with Crippen molar-refractivity contribution in [3.63, 3.8) is 0 Å². The Hall–Kier alpha value is -3.00. The molecule has 1 aliphatic heterocycles. The Balaban J connectivity index is 1.38. The Bertz CT molecular complexity index is 957. The zero-order chi connectivity index (χ0) is 18.8. The van der Waals surface area contributed by atoms with E-state index in [1.165, 1.54) is 0 Å². The molecule has 0 spiro atoms. The molecule has 2 fully saturated rings. The number of nitrogens with zero attached hydrogens (tertiary/aromatic N) is 5. The van der Waals surface area contributed by atoms with Crippen LogP contribution in [-0.2, 0) is 4.74 Å². The minimum Gasteiger partial charge on any atom is -0.475 e. The van der Waals surface area contributed by atoms with Crippen molar-refractivity contribution in [2.75, 3.05) is 43.1 Å². The molecule has 1 aliphatic carbocycles. The molecule has 1 N–H and O–H groups in total. The Morgan fingerprint density at radius 2 is 1.86 bits per heavy atom. The molecule has 2 aliphatic rings. The summed E-state index contributed by atoms with van der Waals surface area (Å²) in [6.07, 6.45) is 7.30. The van der Waals surface area contributed by atoms with Gasteiger partial charge in [-0.05, 0) is 31.0 Å². The standard InChI is InChI=1S/C20H22N6O2/c1-3-15-16(21-6-1)13-17(26-9-11-27-12-10-26)24-18(15)28-14-20(4-5-20)25-19-22-7-2-8-23-19/h1-3,6-8,13H,4-5,9-12,14H2,(H,22,23,25). The average Bonchev–Trinajstić information content (AvgIpc) is 3.52. The molecule has 8 heteroatoms. The van der Waals surface area contributed by atoms with Crippen LogP contribution < -0.4 is 15.0 Å². The van der Waals surface area contributed by atoms with Crippen LogP contribution in [0.25, 0.3) is 10.9 Å². The Kier molecular flexibility index (Phi) is 4.40. The fourth-order valence-electron chi connectivity index (χ4n) is 3.36. The second-order valence-electron chi connectivity index (χ2n) is 7.22. The second-order valence-corrected chi connectivity index (χ2v) is 7.22. The van der Waals surface area contributed by atoms with Gasteiger partial charge in [-0.3, -0.25) is 4.98 Å². The van der Waals surface area contributed by atoms with Crippen molar-refractivity contribution in [3.8, 4) is 5.88 Å². The number of morpholine rings is 1. The minimum absolute atomic E-state index is 0.132. The molecule has 3 aromatic rings. The van der Waals surface area contributed by atoms with Crippen LogP contribution in [0.3, 0.4) is 0 Å². The lowest BCUT2D eigenvalue weighted by Gasteiger charge is -2.28. The third kappa shape index (κ3) is 3.55. The number of hydrogen-bond acceptors (Lipinski definition) is 8. The van der Waals surface area contributed by atoms with Crippen LogP contribution in [0.2, 0.25) is 0 Å².